The molecule has 0 radical (unpaired) electrons. The van der Waals surface area contributed by atoms with E-state index in [1.807, 2.05) is 0 Å². The van der Waals surface area contributed by atoms with E-state index < -0.39 is 10.4 Å². The van der Waals surface area contributed by atoms with Crippen molar-refractivity contribution in [2.45, 2.75) is 72.1 Å². The molecular formula is C14H31NaO6S. The summed E-state index contributed by atoms with van der Waals surface area (Å²) < 4.78 is 28.5. The average Bonchev–Trinajstić information content (AvgIpc) is 2.47. The molecule has 0 aromatic rings. The van der Waals surface area contributed by atoms with Gasteiger partial charge in [0.2, 0.25) is 0 Å². The molecule has 0 rings (SSSR count). The zero-order chi connectivity index (χ0) is 16.4. The van der Waals surface area contributed by atoms with Gasteiger partial charge in [-0.3, -0.25) is 0 Å². The fourth-order valence-corrected chi connectivity index (χ4v) is 1.81. The molecule has 0 saturated heterocycles. The van der Waals surface area contributed by atoms with Crippen molar-refractivity contribution in [1.82, 2.24) is 0 Å². The van der Waals surface area contributed by atoms with Crippen LogP contribution in [-0.2, 0) is 28.8 Å². The van der Waals surface area contributed by atoms with Crippen LogP contribution in [0.1, 0.15) is 72.1 Å². The van der Waals surface area contributed by atoms with E-state index in [0.29, 0.717) is 0 Å². The van der Waals surface area contributed by atoms with Crippen LogP contribution in [0.15, 0.2) is 0 Å². The predicted octanol–water partition coefficient (Wildman–Crippen LogP) is 1.13. The van der Waals surface area contributed by atoms with Crippen LogP contribution in [0.5, 0.6) is 0 Å². The van der Waals surface area contributed by atoms with E-state index >= 15 is 0 Å². The number of hydrogen-bond donors (Lipinski definition) is 0. The maximum absolute atomic E-state index is 10.5. The Kier molecular flexibility index (Phi) is 27.4. The zero-order valence-corrected chi connectivity index (χ0v) is 17.5. The van der Waals surface area contributed by atoms with E-state index in [-0.39, 0.29) is 42.8 Å². The molecule has 8 heteroatoms. The Bertz CT molecular complexity index is 263. The third-order valence-corrected chi connectivity index (χ3v) is 2.88. The minimum absolute atomic E-state index is 0. The van der Waals surface area contributed by atoms with Crippen LogP contribution in [0.25, 0.3) is 0 Å². The van der Waals surface area contributed by atoms with Gasteiger partial charge in [-0.25, -0.2) is 9.78 Å². The number of hydrogen-bond acceptors (Lipinski definition) is 6. The number of rotatable bonds is 13. The molecule has 130 valence electrons. The molecule has 6 nitrogen and oxygen atoms in total. The molecule has 0 aliphatic heterocycles. The average molecular weight is 350 g/mol. The molecule has 0 aromatic heterocycles. The van der Waals surface area contributed by atoms with Gasteiger partial charge in [-0.2, -0.15) is 14.8 Å². The van der Waals surface area contributed by atoms with Crippen molar-refractivity contribution < 1.29 is 56.4 Å². The largest absolute Gasteiger partial charge is 1.00 e. The Labute approximate surface area is 158 Å². The summed E-state index contributed by atoms with van der Waals surface area (Å²) >= 11 is 0. The normalized spacial score (nSPS) is 10.5. The summed E-state index contributed by atoms with van der Waals surface area (Å²) in [7, 11) is -4.15. The van der Waals surface area contributed by atoms with Crippen LogP contribution in [0.2, 0.25) is 0 Å². The summed E-state index contributed by atoms with van der Waals surface area (Å²) in [6, 6.07) is 0. The van der Waals surface area contributed by atoms with Crippen LogP contribution in [-0.4, -0.2) is 21.6 Å². The molecule has 0 heterocycles. The molecule has 0 aromatic carbocycles. The third-order valence-electron chi connectivity index (χ3n) is 2.35. The molecule has 0 bridgehead atoms. The first-order valence-electron chi connectivity index (χ1n) is 7.70. The fraction of sp³-hybridized carbons (Fsp3) is 0.929. The van der Waals surface area contributed by atoms with Gasteiger partial charge in [0.15, 0.2) is 0 Å². The predicted molar refractivity (Wildman–Crippen MR) is 82.3 cm³/mol. The molecule has 0 fully saturated rings. The van der Waals surface area contributed by atoms with Crippen molar-refractivity contribution in [3.63, 3.8) is 0 Å². The molecule has 0 unspecified atom stereocenters. The van der Waals surface area contributed by atoms with E-state index in [0.717, 1.165) is 6.42 Å². The van der Waals surface area contributed by atoms with Crippen LogP contribution in [0.3, 0.4) is 0 Å². The molecule has 0 atom stereocenters. The van der Waals surface area contributed by atoms with Crippen molar-refractivity contribution in [3.05, 3.63) is 6.92 Å². The SMILES string of the molecule is CCOOS(=O)(=O)OOCC.[CH2-]CCCCCCCCC.[Na+]. The quantitative estimate of drug-likeness (QED) is 0.163. The molecular weight excluding hydrogens is 319 g/mol. The maximum Gasteiger partial charge on any atom is 1.00 e. The molecule has 0 N–H and O–H groups in total. The van der Waals surface area contributed by atoms with Gasteiger partial charge in [0.25, 0.3) is 0 Å². The standard InChI is InChI=1S/C10H21.C4H10O6S.Na/c1-3-5-7-9-10-8-6-4-2;1-3-7-9-11(5,6)10-8-4-2;/h1,3-10H2,2H3;3-4H2,1-2H3;/q-1;;+1. The first kappa shape index (κ1) is 27.6. The van der Waals surface area contributed by atoms with Crippen molar-refractivity contribution in [3.8, 4) is 0 Å². The van der Waals surface area contributed by atoms with Gasteiger partial charge in [0.1, 0.15) is 0 Å². The van der Waals surface area contributed by atoms with E-state index in [4.69, 9.17) is 0 Å². The minimum Gasteiger partial charge on any atom is -0.343 e. The van der Waals surface area contributed by atoms with E-state index in [2.05, 4.69) is 32.3 Å². The molecule has 0 saturated carbocycles. The van der Waals surface area contributed by atoms with Crippen molar-refractivity contribution in [2.24, 2.45) is 0 Å². The second-order valence-corrected chi connectivity index (χ2v) is 5.42. The van der Waals surface area contributed by atoms with Crippen LogP contribution >= 0.6 is 0 Å². The maximum atomic E-state index is 10.5. The van der Waals surface area contributed by atoms with E-state index in [1.54, 1.807) is 13.8 Å². The summed E-state index contributed by atoms with van der Waals surface area (Å²) in [4.78, 5) is 8.20. The van der Waals surface area contributed by atoms with Crippen molar-refractivity contribution in [1.29, 1.82) is 0 Å². The second kappa shape index (κ2) is 21.8. The summed E-state index contributed by atoms with van der Waals surface area (Å²) in [5.74, 6) is 0. The Hall–Kier alpha value is 0.790. The van der Waals surface area contributed by atoms with E-state index in [9.17, 15) is 8.42 Å². The molecule has 0 spiro atoms. The Morgan fingerprint density at radius 3 is 1.55 bits per heavy atom. The van der Waals surface area contributed by atoms with E-state index in [1.165, 1.54) is 44.9 Å². The van der Waals surface area contributed by atoms with Crippen LogP contribution in [0.4, 0.5) is 0 Å². The summed E-state index contributed by atoms with van der Waals surface area (Å²) in [5.41, 5.74) is 0. The van der Waals surface area contributed by atoms with Crippen LogP contribution < -0.4 is 29.6 Å². The molecule has 0 amide bonds. The number of unbranched alkanes of at least 4 members (excludes halogenated alkanes) is 7. The first-order valence-corrected chi connectivity index (χ1v) is 9.03. The van der Waals surface area contributed by atoms with Gasteiger partial charge in [-0.05, 0) is 13.8 Å². The smallest absolute Gasteiger partial charge is 0.343 e. The van der Waals surface area contributed by atoms with Gasteiger partial charge in [0, 0.05) is 0 Å². The first-order chi connectivity index (χ1) is 10.0. The van der Waals surface area contributed by atoms with Crippen LogP contribution in [0, 0.1) is 6.92 Å². The zero-order valence-electron chi connectivity index (χ0n) is 14.6. The Morgan fingerprint density at radius 2 is 1.18 bits per heavy atom. The van der Waals surface area contributed by atoms with Crippen molar-refractivity contribution in [2.75, 3.05) is 13.2 Å². The topological polar surface area (TPSA) is 71.1 Å². The van der Waals surface area contributed by atoms with Gasteiger partial charge in [0.05, 0.1) is 13.2 Å². The molecule has 22 heavy (non-hydrogen) atoms. The van der Waals surface area contributed by atoms with Gasteiger partial charge in [-0.15, -0.1) is 0 Å². The summed E-state index contributed by atoms with van der Waals surface area (Å²) in [6.45, 7) is 9.42. The second-order valence-electron chi connectivity index (χ2n) is 4.33. The van der Waals surface area contributed by atoms with Gasteiger partial charge < -0.3 is 6.92 Å². The third kappa shape index (κ3) is 25.7. The molecule has 0 aliphatic carbocycles. The molecule has 0 aliphatic rings. The summed E-state index contributed by atoms with van der Waals surface area (Å²) in [5, 5.41) is 0. The summed E-state index contributed by atoms with van der Waals surface area (Å²) in [6.07, 6.45) is 10.9. The minimum atomic E-state index is -4.15. The van der Waals surface area contributed by atoms with Crippen molar-refractivity contribution >= 4 is 10.4 Å². The monoisotopic (exact) mass is 350 g/mol. The van der Waals surface area contributed by atoms with Gasteiger partial charge in [-0.1, -0.05) is 60.5 Å². The van der Waals surface area contributed by atoms with Gasteiger partial charge >= 0.3 is 40.0 Å². The fourth-order valence-electron chi connectivity index (χ4n) is 1.36. The Morgan fingerprint density at radius 1 is 0.773 bits per heavy atom. The Balaban J connectivity index is -0.000000315.